The van der Waals surface area contributed by atoms with Crippen LogP contribution in [0.25, 0.3) is 11.3 Å². The molecule has 1 aromatic heterocycles. The summed E-state index contributed by atoms with van der Waals surface area (Å²) in [6, 6.07) is 14.2. The van der Waals surface area contributed by atoms with Crippen LogP contribution in [0.15, 0.2) is 48.5 Å². The van der Waals surface area contributed by atoms with Crippen molar-refractivity contribution in [2.24, 2.45) is 11.8 Å². The number of carboxylic acid groups (broad SMARTS) is 1. The number of benzene rings is 1. The second-order valence-corrected chi connectivity index (χ2v) is 11.3. The fourth-order valence-corrected chi connectivity index (χ4v) is 5.86. The summed E-state index contributed by atoms with van der Waals surface area (Å²) in [5.41, 5.74) is 1.51. The van der Waals surface area contributed by atoms with E-state index in [9.17, 15) is 34.2 Å². The van der Waals surface area contributed by atoms with E-state index in [1.54, 1.807) is 12.1 Å². The van der Waals surface area contributed by atoms with Gasteiger partial charge in [0.1, 0.15) is 25.3 Å². The van der Waals surface area contributed by atoms with Crippen molar-refractivity contribution in [3.8, 4) is 11.3 Å². The minimum absolute atomic E-state index is 0.0987. The number of hydrogen-bond donors (Lipinski definition) is 3. The average molecular weight is 567 g/mol. The number of nitrogens with one attached hydrogen (secondary N) is 1. The summed E-state index contributed by atoms with van der Waals surface area (Å²) in [7, 11) is 0. The SMILES string of the molecule is CC(C)C[C@H](NC(=O)[C@@H](CC(=O)c1cccc(-c2ccccc2)n1)[C@H](C)O)[B-]12OC(=O)C[N+]1(CC(=O)O)CC(=O)O2. The van der Waals surface area contributed by atoms with E-state index in [2.05, 4.69) is 10.3 Å². The molecule has 0 saturated carbocycles. The van der Waals surface area contributed by atoms with Gasteiger partial charge in [-0.05, 0) is 31.4 Å². The Morgan fingerprint density at radius 3 is 2.20 bits per heavy atom. The van der Waals surface area contributed by atoms with Crippen molar-refractivity contribution in [1.82, 2.24) is 10.3 Å². The van der Waals surface area contributed by atoms with Gasteiger partial charge in [0, 0.05) is 12.0 Å². The molecule has 1 amide bonds. The van der Waals surface area contributed by atoms with E-state index < -0.39 is 78.3 Å². The summed E-state index contributed by atoms with van der Waals surface area (Å²) in [6.07, 6.45) is -1.46. The number of pyridine rings is 1. The molecule has 2 aliphatic heterocycles. The maximum atomic E-state index is 13.6. The molecule has 0 aliphatic carbocycles. The Labute approximate surface area is 237 Å². The monoisotopic (exact) mass is 567 g/mol. The Bertz CT molecular complexity index is 1330. The first-order valence-electron chi connectivity index (χ1n) is 13.6. The molecule has 0 bridgehead atoms. The first-order valence-corrected chi connectivity index (χ1v) is 13.6. The molecule has 218 valence electrons. The van der Waals surface area contributed by atoms with Crippen molar-refractivity contribution in [2.75, 3.05) is 19.6 Å². The molecule has 0 radical (unpaired) electrons. The van der Waals surface area contributed by atoms with Crippen LogP contribution in [0, 0.1) is 11.8 Å². The van der Waals surface area contributed by atoms with E-state index in [1.165, 1.54) is 13.0 Å². The molecule has 2 aliphatic rings. The molecule has 13 heteroatoms. The van der Waals surface area contributed by atoms with Gasteiger partial charge in [-0.2, -0.15) is 0 Å². The molecule has 0 unspecified atom stereocenters. The first-order chi connectivity index (χ1) is 19.4. The van der Waals surface area contributed by atoms with E-state index in [1.807, 2.05) is 44.2 Å². The standard InChI is InChI=1S/C28H34BN3O9/c1-17(2)12-24(29-32(14-25(35)36,15-26(37)40-29)16-27(38)41-29)31-28(39)20(18(3)33)13-23(34)22-11-7-10-21(30-22)19-8-5-4-6-9-19/h4-11,17-18,20,24,33H,12-16H2,1-3H3,(H,31,39)(H,35,36)/t18-,20-,24-,29?,32?/m0/s1. The van der Waals surface area contributed by atoms with Gasteiger partial charge in [-0.3, -0.25) is 19.2 Å². The lowest BCUT2D eigenvalue weighted by Gasteiger charge is -2.46. The van der Waals surface area contributed by atoms with Crippen molar-refractivity contribution in [3.05, 3.63) is 54.2 Å². The molecule has 1 aromatic carbocycles. The summed E-state index contributed by atoms with van der Waals surface area (Å²) in [4.78, 5) is 68.1. The zero-order valence-corrected chi connectivity index (χ0v) is 23.2. The zero-order chi connectivity index (χ0) is 29.9. The number of carboxylic acids is 1. The largest absolute Gasteiger partial charge is 0.606 e. The molecule has 41 heavy (non-hydrogen) atoms. The van der Waals surface area contributed by atoms with Crippen LogP contribution in [0.2, 0.25) is 0 Å². The highest BCUT2D eigenvalue weighted by atomic mass is 16.7. The molecule has 3 N–H and O–H groups in total. The average Bonchev–Trinajstić information content (AvgIpc) is 3.31. The molecule has 12 nitrogen and oxygen atoms in total. The number of aliphatic hydroxyl groups excluding tert-OH is 1. The van der Waals surface area contributed by atoms with Gasteiger partial charge in [0.2, 0.25) is 5.91 Å². The highest BCUT2D eigenvalue weighted by Crippen LogP contribution is 2.39. The molecular formula is C28H34BN3O9. The number of Topliss-reactive ketones (excluding diaryl/α,β-unsaturated/α-hetero) is 1. The van der Waals surface area contributed by atoms with Gasteiger partial charge in [0.05, 0.1) is 23.7 Å². The number of rotatable bonds is 12. The summed E-state index contributed by atoms with van der Waals surface area (Å²) < 4.78 is 10.6. The number of carbonyl (C=O) groups excluding carboxylic acids is 4. The van der Waals surface area contributed by atoms with Gasteiger partial charge in [-0.1, -0.05) is 50.2 Å². The van der Waals surface area contributed by atoms with Crippen LogP contribution in [0.5, 0.6) is 0 Å². The van der Waals surface area contributed by atoms with Gasteiger partial charge >= 0.3 is 24.6 Å². The van der Waals surface area contributed by atoms with Crippen molar-refractivity contribution in [3.63, 3.8) is 0 Å². The van der Waals surface area contributed by atoms with Crippen molar-refractivity contribution >= 4 is 36.3 Å². The van der Waals surface area contributed by atoms with Gasteiger partial charge in [0.25, 0.3) is 0 Å². The number of fused-ring (bicyclic) bond motifs is 1. The fraction of sp³-hybridized carbons (Fsp3) is 0.429. The number of nitrogens with zero attached hydrogens (tertiary/aromatic N) is 2. The summed E-state index contributed by atoms with van der Waals surface area (Å²) in [5, 5.41) is 22.9. The zero-order valence-electron chi connectivity index (χ0n) is 23.2. The molecule has 4 rings (SSSR count). The van der Waals surface area contributed by atoms with E-state index >= 15 is 0 Å². The van der Waals surface area contributed by atoms with Crippen LogP contribution in [0.4, 0.5) is 0 Å². The van der Waals surface area contributed by atoms with Crippen LogP contribution < -0.4 is 5.32 Å². The fourth-order valence-electron chi connectivity index (χ4n) is 5.86. The summed E-state index contributed by atoms with van der Waals surface area (Å²) in [5.74, 6) is -6.35. The highest BCUT2D eigenvalue weighted by molar-refractivity contribution is 6.68. The minimum Gasteiger partial charge on any atom is -0.599 e. The predicted octanol–water partition coefficient (Wildman–Crippen LogP) is 1.34. The van der Waals surface area contributed by atoms with Gasteiger partial charge in [0.15, 0.2) is 5.78 Å². The number of carbonyl (C=O) groups is 5. The molecule has 3 heterocycles. The number of quaternary nitrogens is 1. The maximum absolute atomic E-state index is 13.6. The van der Waals surface area contributed by atoms with Crippen molar-refractivity contribution < 1.29 is 47.9 Å². The van der Waals surface area contributed by atoms with Crippen LogP contribution in [-0.4, -0.2) is 87.6 Å². The Kier molecular flexibility index (Phi) is 8.59. The van der Waals surface area contributed by atoms with Gasteiger partial charge in [-0.15, -0.1) is 0 Å². The van der Waals surface area contributed by atoms with Gasteiger partial charge in [-0.25, -0.2) is 9.78 Å². The normalized spacial score (nSPS) is 23.7. The Morgan fingerprint density at radius 2 is 1.63 bits per heavy atom. The molecule has 0 spiro atoms. The van der Waals surface area contributed by atoms with Crippen LogP contribution >= 0.6 is 0 Å². The number of amides is 1. The molecule has 2 saturated heterocycles. The lowest BCUT2D eigenvalue weighted by Crippen LogP contribution is -2.74. The Balaban J connectivity index is 1.60. The quantitative estimate of drug-likeness (QED) is 0.251. The van der Waals surface area contributed by atoms with Crippen LogP contribution in [-0.2, 0) is 28.5 Å². The van der Waals surface area contributed by atoms with E-state index in [4.69, 9.17) is 9.31 Å². The van der Waals surface area contributed by atoms with Crippen molar-refractivity contribution in [2.45, 2.75) is 45.7 Å². The third-order valence-corrected chi connectivity index (χ3v) is 7.69. The molecular weight excluding hydrogens is 533 g/mol. The van der Waals surface area contributed by atoms with Crippen LogP contribution in [0.1, 0.15) is 44.1 Å². The summed E-state index contributed by atoms with van der Waals surface area (Å²) >= 11 is 0. The number of ketones is 1. The van der Waals surface area contributed by atoms with Crippen molar-refractivity contribution in [1.29, 1.82) is 0 Å². The maximum Gasteiger partial charge on any atom is 0.606 e. The van der Waals surface area contributed by atoms with Crippen LogP contribution in [0.3, 0.4) is 0 Å². The smallest absolute Gasteiger partial charge is 0.599 e. The lowest BCUT2D eigenvalue weighted by atomic mass is 9.57. The molecule has 3 atom stereocenters. The number of hydrogen-bond acceptors (Lipinski definition) is 9. The third kappa shape index (κ3) is 6.15. The first kappa shape index (κ1) is 29.9. The second-order valence-electron chi connectivity index (χ2n) is 11.3. The summed E-state index contributed by atoms with van der Waals surface area (Å²) in [6.45, 7) is 0.653. The number of aliphatic hydroxyl groups is 1. The minimum atomic E-state index is -2.98. The van der Waals surface area contributed by atoms with Gasteiger partial charge < -0.3 is 29.2 Å². The predicted molar refractivity (Wildman–Crippen MR) is 146 cm³/mol. The lowest BCUT2D eigenvalue weighted by molar-refractivity contribution is -0.808. The Hall–Kier alpha value is -4.10. The number of aliphatic carboxylic acids is 1. The Morgan fingerprint density at radius 1 is 1.00 bits per heavy atom. The molecule has 2 aromatic rings. The molecule has 2 fully saturated rings. The number of aromatic nitrogens is 1. The van der Waals surface area contributed by atoms with E-state index in [0.29, 0.717) is 5.69 Å². The second kappa shape index (κ2) is 11.8. The third-order valence-electron chi connectivity index (χ3n) is 7.69. The topological polar surface area (TPSA) is 169 Å². The van der Waals surface area contributed by atoms with E-state index in [-0.39, 0.29) is 24.5 Å². The highest BCUT2D eigenvalue weighted by Gasteiger charge is 2.71. The van der Waals surface area contributed by atoms with E-state index in [0.717, 1.165) is 5.56 Å².